The molecule has 118 valence electrons. The Morgan fingerprint density at radius 2 is 1.82 bits per heavy atom. The largest absolute Gasteiger partial charge is 0.494 e. The van der Waals surface area contributed by atoms with E-state index in [9.17, 15) is 4.79 Å². The molecule has 0 unspecified atom stereocenters. The number of ether oxygens (including phenoxy) is 2. The fourth-order valence-corrected chi connectivity index (χ4v) is 2.94. The number of hydrogen-bond acceptors (Lipinski definition) is 5. The summed E-state index contributed by atoms with van der Waals surface area (Å²) in [6.45, 7) is 4.94. The highest BCUT2D eigenvalue weighted by Crippen LogP contribution is 2.21. The Bertz CT molecular complexity index is 622. The lowest BCUT2D eigenvalue weighted by Crippen LogP contribution is -2.01. The third kappa shape index (κ3) is 4.21. The molecule has 2 rings (SSSR count). The van der Waals surface area contributed by atoms with Crippen LogP contribution >= 0.6 is 11.3 Å². The van der Waals surface area contributed by atoms with Crippen LogP contribution in [0.3, 0.4) is 0 Å². The Kier molecular flexibility index (Phi) is 5.77. The Balaban J connectivity index is 1.89. The first-order chi connectivity index (χ1) is 10.6. The quantitative estimate of drug-likeness (QED) is 0.807. The van der Waals surface area contributed by atoms with Crippen LogP contribution in [-0.2, 0) is 12.8 Å². The fraction of sp³-hybridized carbons (Fsp3) is 0.375. The molecule has 1 aromatic carbocycles. The third-order valence-electron chi connectivity index (χ3n) is 2.99. The lowest BCUT2D eigenvalue weighted by molar-refractivity contribution is 0.0701. The molecule has 0 radical (unpaired) electrons. The van der Waals surface area contributed by atoms with Gasteiger partial charge in [-0.3, -0.25) is 0 Å². The second kappa shape index (κ2) is 7.79. The fourth-order valence-electron chi connectivity index (χ4n) is 1.97. The van der Waals surface area contributed by atoms with E-state index in [2.05, 4.69) is 4.98 Å². The SMILES string of the molecule is CCOc1ccc(OCCc2nc(CC)c(C(=O)O)s2)cc1. The first-order valence-corrected chi connectivity index (χ1v) is 8.03. The summed E-state index contributed by atoms with van der Waals surface area (Å²) in [7, 11) is 0. The van der Waals surface area contributed by atoms with E-state index in [1.54, 1.807) is 0 Å². The van der Waals surface area contributed by atoms with E-state index in [4.69, 9.17) is 14.6 Å². The molecule has 0 spiro atoms. The number of carboxylic acid groups (broad SMARTS) is 1. The number of aromatic carboxylic acids is 1. The van der Waals surface area contributed by atoms with Gasteiger partial charge in [-0.2, -0.15) is 0 Å². The molecule has 0 amide bonds. The second-order valence-electron chi connectivity index (χ2n) is 4.55. The van der Waals surface area contributed by atoms with Gasteiger partial charge < -0.3 is 14.6 Å². The van der Waals surface area contributed by atoms with Gasteiger partial charge in [-0.1, -0.05) is 6.92 Å². The maximum absolute atomic E-state index is 11.1. The molecular formula is C16H19NO4S. The van der Waals surface area contributed by atoms with Gasteiger partial charge in [0, 0.05) is 6.42 Å². The van der Waals surface area contributed by atoms with E-state index in [-0.39, 0.29) is 0 Å². The zero-order valence-electron chi connectivity index (χ0n) is 12.7. The maximum Gasteiger partial charge on any atom is 0.347 e. The van der Waals surface area contributed by atoms with Gasteiger partial charge in [0.05, 0.1) is 23.9 Å². The molecule has 1 aromatic heterocycles. The first kappa shape index (κ1) is 16.3. The summed E-state index contributed by atoms with van der Waals surface area (Å²) in [6, 6.07) is 7.43. The summed E-state index contributed by atoms with van der Waals surface area (Å²) in [5, 5.41) is 9.90. The van der Waals surface area contributed by atoms with Crippen LogP contribution < -0.4 is 9.47 Å². The van der Waals surface area contributed by atoms with Gasteiger partial charge in [0.25, 0.3) is 0 Å². The molecular weight excluding hydrogens is 302 g/mol. The van der Waals surface area contributed by atoms with Gasteiger partial charge in [-0.05, 0) is 37.6 Å². The van der Waals surface area contributed by atoms with Gasteiger partial charge >= 0.3 is 5.97 Å². The highest BCUT2D eigenvalue weighted by Gasteiger charge is 2.15. The normalized spacial score (nSPS) is 10.5. The minimum absolute atomic E-state index is 0.332. The summed E-state index contributed by atoms with van der Waals surface area (Å²) in [6.07, 6.45) is 1.22. The molecule has 0 aliphatic rings. The Hall–Kier alpha value is -2.08. The predicted molar refractivity (Wildman–Crippen MR) is 85.3 cm³/mol. The molecule has 1 N–H and O–H groups in total. The van der Waals surface area contributed by atoms with Crippen LogP contribution in [0.4, 0.5) is 0 Å². The van der Waals surface area contributed by atoms with Gasteiger partial charge in [0.15, 0.2) is 0 Å². The van der Waals surface area contributed by atoms with E-state index >= 15 is 0 Å². The zero-order valence-corrected chi connectivity index (χ0v) is 13.5. The number of hydrogen-bond donors (Lipinski definition) is 1. The lowest BCUT2D eigenvalue weighted by Gasteiger charge is -2.06. The van der Waals surface area contributed by atoms with Crippen molar-refractivity contribution < 1.29 is 19.4 Å². The molecule has 22 heavy (non-hydrogen) atoms. The molecule has 6 heteroatoms. The standard InChI is InChI=1S/C16H19NO4S/c1-3-13-15(16(18)19)22-14(17-13)9-10-21-12-7-5-11(6-8-12)20-4-2/h5-8H,3-4,9-10H2,1-2H3,(H,18,19). The van der Waals surface area contributed by atoms with Crippen molar-refractivity contribution in [2.24, 2.45) is 0 Å². The molecule has 2 aromatic rings. The molecule has 0 saturated carbocycles. The van der Waals surface area contributed by atoms with Crippen LogP contribution in [0.2, 0.25) is 0 Å². The van der Waals surface area contributed by atoms with Gasteiger partial charge in [0.2, 0.25) is 0 Å². The van der Waals surface area contributed by atoms with Crippen molar-refractivity contribution in [3.63, 3.8) is 0 Å². The third-order valence-corrected chi connectivity index (χ3v) is 4.14. The number of nitrogens with zero attached hydrogens (tertiary/aromatic N) is 1. The van der Waals surface area contributed by atoms with Gasteiger partial charge in [0.1, 0.15) is 16.4 Å². The van der Waals surface area contributed by atoms with Gasteiger partial charge in [-0.25, -0.2) is 9.78 Å². The smallest absolute Gasteiger partial charge is 0.347 e. The van der Waals surface area contributed by atoms with E-state index < -0.39 is 5.97 Å². The average molecular weight is 321 g/mol. The van der Waals surface area contributed by atoms with Crippen molar-refractivity contribution in [2.75, 3.05) is 13.2 Å². The average Bonchev–Trinajstić information content (AvgIpc) is 2.93. The molecule has 5 nitrogen and oxygen atoms in total. The summed E-state index contributed by atoms with van der Waals surface area (Å²) < 4.78 is 11.0. The highest BCUT2D eigenvalue weighted by atomic mass is 32.1. The van der Waals surface area contributed by atoms with Crippen LogP contribution in [0.5, 0.6) is 11.5 Å². The van der Waals surface area contributed by atoms with Crippen molar-refractivity contribution in [3.05, 3.63) is 39.8 Å². The predicted octanol–water partition coefficient (Wildman–Crippen LogP) is 3.42. The van der Waals surface area contributed by atoms with Crippen molar-refractivity contribution >= 4 is 17.3 Å². The Labute approximate surface area is 133 Å². The minimum Gasteiger partial charge on any atom is -0.494 e. The van der Waals surface area contributed by atoms with Crippen LogP contribution in [-0.4, -0.2) is 29.3 Å². The molecule has 0 fully saturated rings. The maximum atomic E-state index is 11.1. The molecule has 0 aliphatic carbocycles. The van der Waals surface area contributed by atoms with Crippen molar-refractivity contribution in [3.8, 4) is 11.5 Å². The van der Waals surface area contributed by atoms with Crippen molar-refractivity contribution in [2.45, 2.75) is 26.7 Å². The molecule has 0 saturated heterocycles. The van der Waals surface area contributed by atoms with E-state index in [1.807, 2.05) is 38.1 Å². The van der Waals surface area contributed by atoms with Crippen LogP contribution in [0.1, 0.15) is 34.2 Å². The number of carboxylic acids is 1. The van der Waals surface area contributed by atoms with Crippen LogP contribution in [0.25, 0.3) is 0 Å². The lowest BCUT2D eigenvalue weighted by atomic mass is 10.3. The summed E-state index contributed by atoms with van der Waals surface area (Å²) >= 11 is 1.23. The molecule has 0 bridgehead atoms. The number of rotatable bonds is 8. The number of aromatic nitrogens is 1. The summed E-state index contributed by atoms with van der Waals surface area (Å²) in [5.74, 6) is 0.663. The van der Waals surface area contributed by atoms with Crippen LogP contribution in [0, 0.1) is 0 Å². The Morgan fingerprint density at radius 1 is 1.18 bits per heavy atom. The number of thiazole rings is 1. The monoisotopic (exact) mass is 321 g/mol. The first-order valence-electron chi connectivity index (χ1n) is 7.21. The van der Waals surface area contributed by atoms with E-state index in [1.165, 1.54) is 11.3 Å². The molecule has 0 atom stereocenters. The molecule has 1 heterocycles. The summed E-state index contributed by atoms with van der Waals surface area (Å²) in [4.78, 5) is 15.8. The number of aryl methyl sites for hydroxylation is 1. The van der Waals surface area contributed by atoms with Gasteiger partial charge in [-0.15, -0.1) is 11.3 Å². The summed E-state index contributed by atoms with van der Waals surface area (Å²) in [5.41, 5.74) is 0.647. The highest BCUT2D eigenvalue weighted by molar-refractivity contribution is 7.13. The molecule has 0 aliphatic heterocycles. The van der Waals surface area contributed by atoms with E-state index in [0.717, 1.165) is 16.5 Å². The number of benzene rings is 1. The Morgan fingerprint density at radius 3 is 2.32 bits per heavy atom. The van der Waals surface area contributed by atoms with E-state index in [0.29, 0.717) is 36.6 Å². The number of carbonyl (C=O) groups is 1. The van der Waals surface area contributed by atoms with Crippen LogP contribution in [0.15, 0.2) is 24.3 Å². The van der Waals surface area contributed by atoms with Crippen molar-refractivity contribution in [1.29, 1.82) is 0 Å². The zero-order chi connectivity index (χ0) is 15.9. The minimum atomic E-state index is -0.909. The van der Waals surface area contributed by atoms with Crippen molar-refractivity contribution in [1.82, 2.24) is 4.98 Å². The second-order valence-corrected chi connectivity index (χ2v) is 5.63. The topological polar surface area (TPSA) is 68.7 Å².